The number of hydrogen-bond acceptors (Lipinski definition) is 6. The van der Waals surface area contributed by atoms with Gasteiger partial charge in [-0.15, -0.1) is 0 Å². The molecule has 0 spiro atoms. The lowest BCUT2D eigenvalue weighted by atomic mass is 10.2. The molecule has 3 aromatic rings. The number of para-hydroxylation sites is 1. The molecule has 1 N–H and O–H groups in total. The van der Waals surface area contributed by atoms with Gasteiger partial charge in [0.25, 0.3) is 0 Å². The molecule has 2 aromatic heterocycles. The minimum absolute atomic E-state index is 0.0117. The van der Waals surface area contributed by atoms with E-state index in [4.69, 9.17) is 4.74 Å². The average Bonchev–Trinajstić information content (AvgIpc) is 2.71. The Morgan fingerprint density at radius 2 is 1.97 bits per heavy atom. The number of carbonyl (C=O) groups is 1. The number of allylic oxidation sites excluding steroid dienone is 1. The topological polar surface area (TPSA) is 77.0 Å². The van der Waals surface area contributed by atoms with Crippen LogP contribution in [0.5, 0.6) is 5.75 Å². The van der Waals surface area contributed by atoms with Gasteiger partial charge < -0.3 is 10.1 Å². The van der Waals surface area contributed by atoms with E-state index in [-0.39, 0.29) is 17.3 Å². The van der Waals surface area contributed by atoms with Crippen molar-refractivity contribution in [3.63, 3.8) is 0 Å². The second-order valence-electron chi connectivity index (χ2n) is 6.33. The molecule has 0 aliphatic rings. The lowest BCUT2D eigenvalue weighted by molar-refractivity contribution is -0.115. The number of carbonyl (C=O) groups excluding carboxylic acids is 1. The zero-order valence-corrected chi connectivity index (χ0v) is 16.2. The molecule has 0 saturated heterocycles. The highest BCUT2D eigenvalue weighted by molar-refractivity contribution is 5.96. The molecular weight excluding hydrogens is 371 g/mol. The highest BCUT2D eigenvalue weighted by Gasteiger charge is 2.12. The largest absolute Gasteiger partial charge is 0.451 e. The summed E-state index contributed by atoms with van der Waals surface area (Å²) in [6, 6.07) is 11.7. The van der Waals surface area contributed by atoms with Crippen molar-refractivity contribution in [3.05, 3.63) is 83.4 Å². The molecule has 1 aromatic carbocycles. The number of ketones is 1. The van der Waals surface area contributed by atoms with Crippen LogP contribution in [0.2, 0.25) is 0 Å². The summed E-state index contributed by atoms with van der Waals surface area (Å²) >= 11 is 0. The second-order valence-corrected chi connectivity index (χ2v) is 6.33. The lowest BCUT2D eigenvalue weighted by Crippen LogP contribution is -2.10. The summed E-state index contributed by atoms with van der Waals surface area (Å²) in [4.78, 5) is 24.9. The fourth-order valence-electron chi connectivity index (χ4n) is 2.54. The van der Waals surface area contributed by atoms with Crippen LogP contribution in [0.4, 0.5) is 10.3 Å². The van der Waals surface area contributed by atoms with E-state index in [9.17, 15) is 9.18 Å². The fourth-order valence-corrected chi connectivity index (χ4v) is 2.54. The molecule has 0 amide bonds. The Hall–Kier alpha value is -3.61. The number of Topliss-reactive ketones (excluding diaryl/α,β-unsaturated/α-hetero) is 1. The summed E-state index contributed by atoms with van der Waals surface area (Å²) in [5.41, 5.74) is 2.26. The first-order valence-electron chi connectivity index (χ1n) is 9.15. The molecule has 6 nitrogen and oxygen atoms in total. The maximum Gasteiger partial charge on any atom is 0.222 e. The summed E-state index contributed by atoms with van der Waals surface area (Å²) < 4.78 is 19.3. The maximum atomic E-state index is 13.8. The molecule has 7 heteroatoms. The van der Waals surface area contributed by atoms with E-state index in [1.165, 1.54) is 25.1 Å². The molecule has 0 bridgehead atoms. The Morgan fingerprint density at radius 3 is 2.66 bits per heavy atom. The summed E-state index contributed by atoms with van der Waals surface area (Å²) in [5.74, 6) is -0.390. The first kappa shape index (κ1) is 20.1. The Kier molecular flexibility index (Phi) is 6.63. The van der Waals surface area contributed by atoms with Crippen molar-refractivity contribution in [2.75, 3.05) is 11.9 Å². The normalized spacial score (nSPS) is 11.2. The van der Waals surface area contributed by atoms with E-state index < -0.39 is 5.82 Å². The number of aryl methyl sites for hydroxylation is 1. The van der Waals surface area contributed by atoms with Crippen molar-refractivity contribution in [1.29, 1.82) is 0 Å². The zero-order valence-electron chi connectivity index (χ0n) is 16.2. The number of benzene rings is 1. The fraction of sp³-hybridized carbons (Fsp3) is 0.182. The number of nitrogens with one attached hydrogen (secondary N) is 1. The van der Waals surface area contributed by atoms with Crippen LogP contribution in [0.15, 0.2) is 60.6 Å². The predicted octanol–water partition coefficient (Wildman–Crippen LogP) is 3.98. The van der Waals surface area contributed by atoms with Crippen molar-refractivity contribution in [3.8, 4) is 5.75 Å². The predicted molar refractivity (Wildman–Crippen MR) is 109 cm³/mol. The van der Waals surface area contributed by atoms with E-state index in [2.05, 4.69) is 20.3 Å². The Bertz CT molecular complexity index is 1020. The summed E-state index contributed by atoms with van der Waals surface area (Å²) in [5, 5.41) is 3.15. The third-order valence-corrected chi connectivity index (χ3v) is 4.10. The van der Waals surface area contributed by atoms with Crippen LogP contribution < -0.4 is 10.1 Å². The van der Waals surface area contributed by atoms with Crippen molar-refractivity contribution >= 4 is 17.8 Å². The van der Waals surface area contributed by atoms with Crippen LogP contribution in [-0.4, -0.2) is 27.3 Å². The number of anilines is 1. The van der Waals surface area contributed by atoms with E-state index in [1.54, 1.807) is 31.5 Å². The van der Waals surface area contributed by atoms with Gasteiger partial charge in [-0.2, -0.15) is 0 Å². The van der Waals surface area contributed by atoms with Gasteiger partial charge in [-0.1, -0.05) is 18.2 Å². The molecule has 29 heavy (non-hydrogen) atoms. The number of halogens is 1. The van der Waals surface area contributed by atoms with Gasteiger partial charge in [-0.3, -0.25) is 9.78 Å². The van der Waals surface area contributed by atoms with Gasteiger partial charge in [0.05, 0.1) is 5.69 Å². The number of nitrogens with zero attached hydrogens (tertiary/aromatic N) is 3. The van der Waals surface area contributed by atoms with Gasteiger partial charge in [0.1, 0.15) is 0 Å². The van der Waals surface area contributed by atoms with Crippen molar-refractivity contribution in [1.82, 2.24) is 15.0 Å². The SMILES string of the molecule is CC(=O)/C(=C\c1cnc(NCCc2ccccn2)nc1C)Oc1ccccc1F. The van der Waals surface area contributed by atoms with Gasteiger partial charge in [0.2, 0.25) is 5.95 Å². The standard InChI is InChI=1S/C22H21FN4O2/c1-15-17(13-21(16(2)28)29-20-9-4-3-8-19(20)23)14-26-22(27-15)25-12-10-18-7-5-6-11-24-18/h3-9,11,13-14H,10,12H2,1-2H3,(H,25,26,27)/b21-13+. The maximum absolute atomic E-state index is 13.8. The number of aromatic nitrogens is 3. The van der Waals surface area contributed by atoms with E-state index >= 15 is 0 Å². The lowest BCUT2D eigenvalue weighted by Gasteiger charge is -2.10. The molecule has 2 heterocycles. The molecular formula is C22H21FN4O2. The van der Waals surface area contributed by atoms with Gasteiger partial charge in [0, 0.05) is 43.5 Å². The second kappa shape index (κ2) is 9.54. The summed E-state index contributed by atoms with van der Waals surface area (Å²) in [6.07, 6.45) is 5.61. The van der Waals surface area contributed by atoms with Crippen LogP contribution >= 0.6 is 0 Å². The quantitative estimate of drug-likeness (QED) is 0.462. The van der Waals surface area contributed by atoms with E-state index in [0.29, 0.717) is 23.8 Å². The molecule has 0 saturated carbocycles. The molecule has 0 aliphatic carbocycles. The first-order valence-corrected chi connectivity index (χ1v) is 9.15. The minimum Gasteiger partial charge on any atom is -0.451 e. The Labute approximate surface area is 168 Å². The van der Waals surface area contributed by atoms with Gasteiger partial charge in [-0.25, -0.2) is 14.4 Å². The Balaban J connectivity index is 1.70. The summed E-state index contributed by atoms with van der Waals surface area (Å²) in [7, 11) is 0. The molecule has 0 aliphatic heterocycles. The van der Waals surface area contributed by atoms with Crippen LogP contribution in [0.25, 0.3) is 6.08 Å². The third-order valence-electron chi connectivity index (χ3n) is 4.10. The van der Waals surface area contributed by atoms with Crippen LogP contribution in [0.3, 0.4) is 0 Å². The number of hydrogen-bond donors (Lipinski definition) is 1. The van der Waals surface area contributed by atoms with Crippen molar-refractivity contribution in [2.45, 2.75) is 20.3 Å². The monoisotopic (exact) mass is 392 g/mol. The zero-order chi connectivity index (χ0) is 20.6. The highest BCUT2D eigenvalue weighted by Crippen LogP contribution is 2.21. The van der Waals surface area contributed by atoms with E-state index in [0.717, 1.165) is 12.1 Å². The molecule has 0 atom stereocenters. The third kappa shape index (κ3) is 5.68. The average molecular weight is 392 g/mol. The van der Waals surface area contributed by atoms with E-state index in [1.807, 2.05) is 18.2 Å². The van der Waals surface area contributed by atoms with Gasteiger partial charge in [0.15, 0.2) is 23.1 Å². The van der Waals surface area contributed by atoms with Crippen molar-refractivity contribution < 1.29 is 13.9 Å². The van der Waals surface area contributed by atoms with Crippen LogP contribution in [0.1, 0.15) is 23.9 Å². The molecule has 0 radical (unpaired) electrons. The van der Waals surface area contributed by atoms with Crippen LogP contribution in [-0.2, 0) is 11.2 Å². The minimum atomic E-state index is -0.542. The van der Waals surface area contributed by atoms with Gasteiger partial charge >= 0.3 is 0 Å². The number of rotatable bonds is 8. The first-order chi connectivity index (χ1) is 14.0. The smallest absolute Gasteiger partial charge is 0.222 e. The molecule has 3 rings (SSSR count). The summed E-state index contributed by atoms with van der Waals surface area (Å²) in [6.45, 7) is 3.80. The highest BCUT2D eigenvalue weighted by atomic mass is 19.1. The number of pyridine rings is 1. The molecule has 148 valence electrons. The number of ether oxygens (including phenoxy) is 1. The Morgan fingerprint density at radius 1 is 1.17 bits per heavy atom. The van der Waals surface area contributed by atoms with Crippen molar-refractivity contribution in [2.24, 2.45) is 0 Å². The van der Waals surface area contributed by atoms with Gasteiger partial charge in [-0.05, 0) is 37.3 Å². The molecule has 0 fully saturated rings. The van der Waals surface area contributed by atoms with Crippen LogP contribution in [0, 0.1) is 12.7 Å². The molecule has 0 unspecified atom stereocenters.